The standard InChI is InChI=1S/C38H40N2O3S/c1-2-9-29(10-3-1)26-41-21-8-22-42-35-18-16-32(17-19-35)38-34(28-44-37-13-6-7-20-40-37)24-39-25-36(38)43-27-30-14-15-31-11-4-5-12-33(31)23-30/h1-7,9-20,23,34,36,38-39H,8,21-22,24-28H2. The molecule has 1 aliphatic rings. The quantitative estimate of drug-likeness (QED) is 0.103. The lowest BCUT2D eigenvalue weighted by molar-refractivity contribution is -0.00264. The lowest BCUT2D eigenvalue weighted by Gasteiger charge is -2.39. The Morgan fingerprint density at radius 2 is 1.55 bits per heavy atom. The average Bonchev–Trinajstić information content (AvgIpc) is 3.09. The minimum Gasteiger partial charge on any atom is -0.494 e. The smallest absolute Gasteiger partial charge is 0.119 e. The summed E-state index contributed by atoms with van der Waals surface area (Å²) in [7, 11) is 0. The van der Waals surface area contributed by atoms with Crippen molar-refractivity contribution >= 4 is 22.5 Å². The van der Waals surface area contributed by atoms with E-state index in [1.54, 1.807) is 0 Å². The first-order valence-corrected chi connectivity index (χ1v) is 16.5. The van der Waals surface area contributed by atoms with Gasteiger partial charge in [-0.3, -0.25) is 0 Å². The van der Waals surface area contributed by atoms with Gasteiger partial charge in [-0.1, -0.05) is 84.9 Å². The summed E-state index contributed by atoms with van der Waals surface area (Å²) in [5.74, 6) is 2.50. The molecule has 0 aliphatic carbocycles. The van der Waals surface area contributed by atoms with Crippen LogP contribution in [0.2, 0.25) is 0 Å². The Morgan fingerprint density at radius 3 is 2.39 bits per heavy atom. The van der Waals surface area contributed by atoms with Gasteiger partial charge in [0.2, 0.25) is 0 Å². The number of ether oxygens (including phenoxy) is 3. The van der Waals surface area contributed by atoms with Crippen LogP contribution >= 0.6 is 11.8 Å². The molecule has 0 bridgehead atoms. The molecule has 44 heavy (non-hydrogen) atoms. The van der Waals surface area contributed by atoms with Gasteiger partial charge in [-0.15, -0.1) is 11.8 Å². The molecule has 0 amide bonds. The van der Waals surface area contributed by atoms with E-state index in [4.69, 9.17) is 14.2 Å². The van der Waals surface area contributed by atoms with E-state index in [9.17, 15) is 0 Å². The SMILES string of the molecule is c1ccc(COCCCOc2ccc(C3C(CSc4ccccn4)CNCC3OCc3ccc4ccccc4c3)cc2)cc1. The fourth-order valence-electron chi connectivity index (χ4n) is 5.84. The van der Waals surface area contributed by atoms with Gasteiger partial charge in [-0.25, -0.2) is 4.98 Å². The lowest BCUT2D eigenvalue weighted by atomic mass is 9.80. The fraction of sp³-hybridized carbons (Fsp3) is 0.289. The van der Waals surface area contributed by atoms with E-state index in [2.05, 4.69) is 101 Å². The Balaban J connectivity index is 1.08. The number of pyridine rings is 1. The molecular formula is C38H40N2O3S. The number of hydrogen-bond donors (Lipinski definition) is 1. The van der Waals surface area contributed by atoms with Crippen LogP contribution < -0.4 is 10.1 Å². The zero-order chi connectivity index (χ0) is 29.8. The average molecular weight is 605 g/mol. The molecule has 3 atom stereocenters. The van der Waals surface area contributed by atoms with Crippen LogP contribution in [0, 0.1) is 5.92 Å². The predicted molar refractivity (Wildman–Crippen MR) is 179 cm³/mol. The second-order valence-corrected chi connectivity index (χ2v) is 12.3. The Bertz CT molecular complexity index is 1570. The largest absolute Gasteiger partial charge is 0.494 e. The van der Waals surface area contributed by atoms with Gasteiger partial charge in [0, 0.05) is 30.8 Å². The zero-order valence-electron chi connectivity index (χ0n) is 25.0. The normalized spacial score (nSPS) is 18.3. The number of rotatable bonds is 14. The first-order valence-electron chi connectivity index (χ1n) is 15.5. The molecule has 3 unspecified atom stereocenters. The zero-order valence-corrected chi connectivity index (χ0v) is 25.8. The molecule has 1 aliphatic heterocycles. The fourth-order valence-corrected chi connectivity index (χ4v) is 6.86. The molecule has 1 fully saturated rings. The third kappa shape index (κ3) is 8.48. The monoisotopic (exact) mass is 604 g/mol. The number of thioether (sulfide) groups is 1. The van der Waals surface area contributed by atoms with Crippen LogP contribution in [0.3, 0.4) is 0 Å². The van der Waals surface area contributed by atoms with E-state index in [-0.39, 0.29) is 12.0 Å². The highest BCUT2D eigenvalue weighted by molar-refractivity contribution is 7.99. The van der Waals surface area contributed by atoms with Crippen LogP contribution in [0.1, 0.15) is 29.0 Å². The topological polar surface area (TPSA) is 52.6 Å². The Hall–Kier alpha value is -3.68. The van der Waals surface area contributed by atoms with Gasteiger partial charge in [0.15, 0.2) is 0 Å². The van der Waals surface area contributed by atoms with Crippen molar-refractivity contribution in [3.8, 4) is 5.75 Å². The molecule has 1 N–H and O–H groups in total. The van der Waals surface area contributed by atoms with Crippen LogP contribution in [0.4, 0.5) is 0 Å². The summed E-state index contributed by atoms with van der Waals surface area (Å²) >= 11 is 1.82. The van der Waals surface area contributed by atoms with Gasteiger partial charge in [0.25, 0.3) is 0 Å². The van der Waals surface area contributed by atoms with Crippen LogP contribution in [-0.4, -0.2) is 43.1 Å². The summed E-state index contributed by atoms with van der Waals surface area (Å²) in [6.45, 7) is 4.29. The molecule has 5 aromatic rings. The molecule has 6 heteroatoms. The van der Waals surface area contributed by atoms with Crippen LogP contribution in [0.15, 0.2) is 126 Å². The summed E-state index contributed by atoms with van der Waals surface area (Å²) < 4.78 is 18.6. The number of hydrogen-bond acceptors (Lipinski definition) is 6. The summed E-state index contributed by atoms with van der Waals surface area (Å²) in [5, 5.41) is 7.21. The van der Waals surface area contributed by atoms with E-state index in [1.807, 2.05) is 42.2 Å². The van der Waals surface area contributed by atoms with Gasteiger partial charge >= 0.3 is 0 Å². The van der Waals surface area contributed by atoms with Gasteiger partial charge < -0.3 is 19.5 Å². The molecule has 2 heterocycles. The molecule has 0 radical (unpaired) electrons. The maximum atomic E-state index is 6.70. The summed E-state index contributed by atoms with van der Waals surface area (Å²) in [5.41, 5.74) is 3.68. The lowest BCUT2D eigenvalue weighted by Crippen LogP contribution is -2.47. The van der Waals surface area contributed by atoms with Crippen molar-refractivity contribution in [1.82, 2.24) is 10.3 Å². The van der Waals surface area contributed by atoms with Gasteiger partial charge in [0.1, 0.15) is 5.75 Å². The minimum atomic E-state index is 0.0538. The van der Waals surface area contributed by atoms with E-state index in [1.165, 1.54) is 27.5 Å². The first-order chi connectivity index (χ1) is 21.8. The minimum absolute atomic E-state index is 0.0538. The number of nitrogens with zero attached hydrogens (tertiary/aromatic N) is 1. The van der Waals surface area contributed by atoms with Crippen LogP contribution in [-0.2, 0) is 22.7 Å². The van der Waals surface area contributed by atoms with E-state index in [0.29, 0.717) is 32.3 Å². The van der Waals surface area contributed by atoms with Crippen LogP contribution in [0.5, 0.6) is 5.75 Å². The highest BCUT2D eigenvalue weighted by Gasteiger charge is 2.35. The second-order valence-electron chi connectivity index (χ2n) is 11.3. The molecule has 5 nitrogen and oxygen atoms in total. The second kappa shape index (κ2) is 15.9. The number of fused-ring (bicyclic) bond motifs is 1. The molecule has 1 aromatic heterocycles. The van der Waals surface area contributed by atoms with Crippen molar-refractivity contribution in [3.05, 3.63) is 138 Å². The number of aromatic nitrogens is 1. The van der Waals surface area contributed by atoms with E-state index >= 15 is 0 Å². The molecule has 6 rings (SSSR count). The number of benzene rings is 4. The predicted octanol–water partition coefficient (Wildman–Crippen LogP) is 7.90. The van der Waals surface area contributed by atoms with Crippen molar-refractivity contribution in [2.45, 2.75) is 36.7 Å². The molecule has 0 spiro atoms. The van der Waals surface area contributed by atoms with Crippen molar-refractivity contribution in [3.63, 3.8) is 0 Å². The molecule has 4 aromatic carbocycles. The Kier molecular flexibility index (Phi) is 10.9. The Morgan fingerprint density at radius 1 is 0.727 bits per heavy atom. The van der Waals surface area contributed by atoms with E-state index < -0.39 is 0 Å². The summed E-state index contributed by atoms with van der Waals surface area (Å²) in [6, 6.07) is 40.1. The summed E-state index contributed by atoms with van der Waals surface area (Å²) in [4.78, 5) is 4.54. The summed E-state index contributed by atoms with van der Waals surface area (Å²) in [6.07, 6.45) is 2.77. The van der Waals surface area contributed by atoms with E-state index in [0.717, 1.165) is 36.0 Å². The highest BCUT2D eigenvalue weighted by atomic mass is 32.2. The molecule has 0 saturated carbocycles. The van der Waals surface area contributed by atoms with Crippen molar-refractivity contribution in [2.24, 2.45) is 5.92 Å². The molecule has 226 valence electrons. The molecular weight excluding hydrogens is 564 g/mol. The third-order valence-corrected chi connectivity index (χ3v) is 9.23. The first kappa shape index (κ1) is 30.4. The Labute approximate surface area is 265 Å². The van der Waals surface area contributed by atoms with Gasteiger partial charge in [0.05, 0.1) is 37.6 Å². The van der Waals surface area contributed by atoms with Crippen molar-refractivity contribution < 1.29 is 14.2 Å². The van der Waals surface area contributed by atoms with Gasteiger partial charge in [-0.2, -0.15) is 0 Å². The number of piperidine rings is 1. The highest BCUT2D eigenvalue weighted by Crippen LogP contribution is 2.37. The molecule has 1 saturated heterocycles. The third-order valence-electron chi connectivity index (χ3n) is 8.10. The van der Waals surface area contributed by atoms with Gasteiger partial charge in [-0.05, 0) is 70.3 Å². The van der Waals surface area contributed by atoms with Crippen molar-refractivity contribution in [1.29, 1.82) is 0 Å². The number of nitrogens with one attached hydrogen (secondary N) is 1. The maximum absolute atomic E-state index is 6.70. The van der Waals surface area contributed by atoms with Crippen molar-refractivity contribution in [2.75, 3.05) is 32.1 Å². The maximum Gasteiger partial charge on any atom is 0.119 e. The van der Waals surface area contributed by atoms with Crippen LogP contribution in [0.25, 0.3) is 10.8 Å².